The number of hydrogen-bond acceptors (Lipinski definition) is 4. The van der Waals surface area contributed by atoms with Gasteiger partial charge in [0.15, 0.2) is 0 Å². The smallest absolute Gasteiger partial charge is 0.253 e. The van der Waals surface area contributed by atoms with Crippen molar-refractivity contribution >= 4 is 35.0 Å². The lowest BCUT2D eigenvalue weighted by molar-refractivity contribution is -0.137. The second-order valence-electron chi connectivity index (χ2n) is 9.44. The molecule has 2 heterocycles. The Morgan fingerprint density at radius 2 is 1.76 bits per heavy atom. The average Bonchev–Trinajstić information content (AvgIpc) is 3.09. The molecule has 4 rings (SSSR count). The molecule has 0 unspecified atom stereocenters. The van der Waals surface area contributed by atoms with Gasteiger partial charge < -0.3 is 20.0 Å². The number of likely N-dealkylation sites (tertiary alicyclic amines) is 1. The van der Waals surface area contributed by atoms with E-state index < -0.39 is 5.54 Å². The van der Waals surface area contributed by atoms with E-state index in [4.69, 9.17) is 11.6 Å². The summed E-state index contributed by atoms with van der Waals surface area (Å²) in [7, 11) is 0. The molecule has 0 bridgehead atoms. The van der Waals surface area contributed by atoms with Gasteiger partial charge in [-0.25, -0.2) is 0 Å². The number of carbonyl (C=O) groups is 3. The summed E-state index contributed by atoms with van der Waals surface area (Å²) in [5.74, 6) is 0.0531. The van der Waals surface area contributed by atoms with Crippen LogP contribution in [-0.4, -0.2) is 65.9 Å². The number of para-hydroxylation sites is 1. The van der Waals surface area contributed by atoms with Crippen LogP contribution in [0.15, 0.2) is 54.6 Å². The lowest BCUT2D eigenvalue weighted by Gasteiger charge is -2.43. The van der Waals surface area contributed by atoms with Crippen molar-refractivity contribution in [2.75, 3.05) is 37.7 Å². The van der Waals surface area contributed by atoms with E-state index in [1.807, 2.05) is 44.2 Å². The number of rotatable bonds is 6. The van der Waals surface area contributed by atoms with E-state index in [1.54, 1.807) is 34.1 Å². The third-order valence-corrected chi connectivity index (χ3v) is 6.81. The minimum Gasteiger partial charge on any atom is -0.354 e. The average molecular weight is 483 g/mol. The van der Waals surface area contributed by atoms with E-state index in [0.717, 1.165) is 5.69 Å². The molecule has 0 atom stereocenters. The molecule has 7 nitrogen and oxygen atoms in total. The summed E-state index contributed by atoms with van der Waals surface area (Å²) in [6, 6.07) is 16.7. The van der Waals surface area contributed by atoms with Gasteiger partial charge in [-0.05, 0) is 49.1 Å². The van der Waals surface area contributed by atoms with Crippen molar-refractivity contribution in [1.82, 2.24) is 15.1 Å². The lowest BCUT2D eigenvalue weighted by Crippen LogP contribution is -2.57. The van der Waals surface area contributed by atoms with Crippen LogP contribution in [0, 0.1) is 5.92 Å². The first-order chi connectivity index (χ1) is 16.3. The molecule has 0 saturated carbocycles. The van der Waals surface area contributed by atoms with Gasteiger partial charge in [0.25, 0.3) is 11.8 Å². The lowest BCUT2D eigenvalue weighted by atomic mass is 9.85. The number of anilines is 1. The molecule has 2 aliphatic rings. The van der Waals surface area contributed by atoms with Gasteiger partial charge in [0, 0.05) is 35.9 Å². The normalized spacial score (nSPS) is 17.5. The molecule has 2 aliphatic heterocycles. The van der Waals surface area contributed by atoms with Crippen molar-refractivity contribution in [3.05, 3.63) is 65.2 Å². The van der Waals surface area contributed by atoms with Crippen LogP contribution in [0.4, 0.5) is 5.69 Å². The number of hydrogen-bond donors (Lipinski definition) is 1. The maximum Gasteiger partial charge on any atom is 0.253 e. The number of benzene rings is 2. The van der Waals surface area contributed by atoms with Crippen molar-refractivity contribution in [2.24, 2.45) is 5.92 Å². The highest BCUT2D eigenvalue weighted by atomic mass is 35.5. The Kier molecular flexibility index (Phi) is 7.12. The zero-order valence-electron chi connectivity index (χ0n) is 19.7. The Hall–Kier alpha value is -3.06. The van der Waals surface area contributed by atoms with Gasteiger partial charge in [-0.3, -0.25) is 14.4 Å². The second-order valence-corrected chi connectivity index (χ2v) is 9.88. The molecule has 34 heavy (non-hydrogen) atoms. The first-order valence-corrected chi connectivity index (χ1v) is 12.1. The fourth-order valence-corrected chi connectivity index (χ4v) is 4.94. The van der Waals surface area contributed by atoms with E-state index >= 15 is 0 Å². The summed E-state index contributed by atoms with van der Waals surface area (Å²) in [4.78, 5) is 44.8. The number of piperidine rings is 1. The summed E-state index contributed by atoms with van der Waals surface area (Å²) in [6.45, 7) is 5.93. The Labute approximate surface area is 205 Å². The number of carbonyl (C=O) groups excluding carboxylic acids is 3. The van der Waals surface area contributed by atoms with Crippen LogP contribution < -0.4 is 10.2 Å². The summed E-state index contributed by atoms with van der Waals surface area (Å²) in [6.07, 6.45) is 0.994. The van der Waals surface area contributed by atoms with Gasteiger partial charge in [0.1, 0.15) is 12.1 Å². The molecule has 1 spiro atoms. The highest BCUT2D eigenvalue weighted by Gasteiger charge is 2.54. The first-order valence-electron chi connectivity index (χ1n) is 11.7. The Morgan fingerprint density at radius 3 is 2.41 bits per heavy atom. The third-order valence-electron chi connectivity index (χ3n) is 6.57. The van der Waals surface area contributed by atoms with E-state index in [9.17, 15) is 14.4 Å². The predicted octanol–water partition coefficient (Wildman–Crippen LogP) is 3.39. The maximum absolute atomic E-state index is 13.7. The van der Waals surface area contributed by atoms with E-state index in [0.29, 0.717) is 55.6 Å². The van der Waals surface area contributed by atoms with Gasteiger partial charge >= 0.3 is 0 Å². The molecule has 180 valence electrons. The predicted molar refractivity (Wildman–Crippen MR) is 133 cm³/mol. The Bertz CT molecular complexity index is 1050. The minimum absolute atomic E-state index is 0.0296. The van der Waals surface area contributed by atoms with Gasteiger partial charge in [0.05, 0.1) is 6.67 Å². The zero-order chi connectivity index (χ0) is 24.3. The highest BCUT2D eigenvalue weighted by Crippen LogP contribution is 2.39. The van der Waals surface area contributed by atoms with Crippen LogP contribution in [0.25, 0.3) is 0 Å². The van der Waals surface area contributed by atoms with Crippen LogP contribution in [0.5, 0.6) is 0 Å². The number of nitrogens with one attached hydrogen (secondary N) is 1. The summed E-state index contributed by atoms with van der Waals surface area (Å²) in [5, 5.41) is 3.43. The zero-order valence-corrected chi connectivity index (χ0v) is 20.4. The van der Waals surface area contributed by atoms with Crippen molar-refractivity contribution in [3.63, 3.8) is 0 Å². The molecule has 1 N–H and O–H groups in total. The fraction of sp³-hybridized carbons (Fsp3) is 0.423. The van der Waals surface area contributed by atoms with Crippen LogP contribution in [0.1, 0.15) is 37.0 Å². The van der Waals surface area contributed by atoms with Crippen LogP contribution in [-0.2, 0) is 9.59 Å². The minimum atomic E-state index is -0.773. The van der Waals surface area contributed by atoms with Gasteiger partial charge in [0.2, 0.25) is 5.91 Å². The monoisotopic (exact) mass is 482 g/mol. The van der Waals surface area contributed by atoms with Crippen molar-refractivity contribution in [2.45, 2.75) is 32.2 Å². The van der Waals surface area contributed by atoms with Crippen molar-refractivity contribution in [1.29, 1.82) is 0 Å². The van der Waals surface area contributed by atoms with E-state index in [-0.39, 0.29) is 24.3 Å². The summed E-state index contributed by atoms with van der Waals surface area (Å²) in [5.41, 5.74) is 0.713. The molecule has 0 aromatic heterocycles. The molecule has 2 saturated heterocycles. The number of nitrogens with zero attached hydrogens (tertiary/aromatic N) is 3. The van der Waals surface area contributed by atoms with Gasteiger partial charge in [-0.1, -0.05) is 49.7 Å². The second kappa shape index (κ2) is 10.1. The van der Waals surface area contributed by atoms with Gasteiger partial charge in [-0.2, -0.15) is 0 Å². The van der Waals surface area contributed by atoms with E-state index in [2.05, 4.69) is 10.2 Å². The van der Waals surface area contributed by atoms with Crippen molar-refractivity contribution < 1.29 is 14.4 Å². The Morgan fingerprint density at radius 1 is 1.06 bits per heavy atom. The van der Waals surface area contributed by atoms with Crippen LogP contribution in [0.2, 0.25) is 5.02 Å². The molecule has 3 amide bonds. The summed E-state index contributed by atoms with van der Waals surface area (Å²) < 4.78 is 0. The standard InChI is InChI=1S/C26H31ClN4O3/c1-19(2)16-28-23(32)17-30-18-31(22-9-4-3-5-10-22)26(25(30)34)11-13-29(14-12-26)24(33)20-7-6-8-21(27)15-20/h3-10,15,19H,11-14,16-18H2,1-2H3,(H,28,32). The topological polar surface area (TPSA) is 73.0 Å². The van der Waals surface area contributed by atoms with Crippen LogP contribution in [0.3, 0.4) is 0 Å². The first kappa shape index (κ1) is 24.1. The molecule has 2 aromatic carbocycles. The molecule has 2 aromatic rings. The molecule has 0 aliphatic carbocycles. The fourth-order valence-electron chi connectivity index (χ4n) is 4.75. The molecule has 8 heteroatoms. The Balaban J connectivity index is 1.52. The molecular formula is C26H31ClN4O3. The number of halogens is 1. The highest BCUT2D eigenvalue weighted by molar-refractivity contribution is 6.30. The molecule has 2 fully saturated rings. The maximum atomic E-state index is 13.7. The third kappa shape index (κ3) is 4.89. The summed E-state index contributed by atoms with van der Waals surface area (Å²) >= 11 is 6.07. The molecule has 0 radical (unpaired) electrons. The van der Waals surface area contributed by atoms with E-state index in [1.165, 1.54) is 0 Å². The SMILES string of the molecule is CC(C)CNC(=O)CN1CN(c2ccccc2)C2(CCN(C(=O)c3cccc(Cl)c3)CC2)C1=O. The largest absolute Gasteiger partial charge is 0.354 e. The van der Waals surface area contributed by atoms with Gasteiger partial charge in [-0.15, -0.1) is 0 Å². The molecular weight excluding hydrogens is 452 g/mol. The van der Waals surface area contributed by atoms with Crippen molar-refractivity contribution in [3.8, 4) is 0 Å². The number of amides is 3. The quantitative estimate of drug-likeness (QED) is 0.685. The van der Waals surface area contributed by atoms with Crippen LogP contribution >= 0.6 is 11.6 Å².